The van der Waals surface area contributed by atoms with Gasteiger partial charge < -0.3 is 14.4 Å². The van der Waals surface area contributed by atoms with Crippen LogP contribution in [0.5, 0.6) is 5.75 Å². The topological polar surface area (TPSA) is 38.8 Å². The van der Waals surface area contributed by atoms with Gasteiger partial charge in [0.15, 0.2) is 0 Å². The Morgan fingerprint density at radius 3 is 2.60 bits per heavy atom. The molecule has 2 aromatic rings. The smallest absolute Gasteiger partial charge is 0.307 e. The normalized spacial score (nSPS) is 16.1. The van der Waals surface area contributed by atoms with Gasteiger partial charge in [-0.3, -0.25) is 4.79 Å². The van der Waals surface area contributed by atoms with Crippen LogP contribution in [0.4, 0.5) is 5.69 Å². The molecule has 0 aromatic heterocycles. The highest BCUT2D eigenvalue weighted by atomic mass is 16.5. The van der Waals surface area contributed by atoms with Crippen LogP contribution in [-0.2, 0) is 16.1 Å². The van der Waals surface area contributed by atoms with E-state index in [1.807, 2.05) is 6.92 Å². The van der Waals surface area contributed by atoms with E-state index >= 15 is 0 Å². The minimum atomic E-state index is -0.180. The fourth-order valence-electron chi connectivity index (χ4n) is 3.13. The van der Waals surface area contributed by atoms with Crippen LogP contribution < -0.4 is 9.64 Å². The molecule has 0 saturated heterocycles. The number of hydrogen-bond acceptors (Lipinski definition) is 4. The first kappa shape index (κ1) is 17.3. The van der Waals surface area contributed by atoms with E-state index in [9.17, 15) is 4.79 Å². The number of esters is 1. The van der Waals surface area contributed by atoms with Crippen LogP contribution in [0.1, 0.15) is 30.0 Å². The van der Waals surface area contributed by atoms with Crippen LogP contribution in [0, 0.1) is 13.8 Å². The Morgan fingerprint density at radius 2 is 1.88 bits per heavy atom. The molecule has 0 N–H and O–H groups in total. The second-order valence-electron chi connectivity index (χ2n) is 6.56. The van der Waals surface area contributed by atoms with Crippen molar-refractivity contribution in [3.63, 3.8) is 0 Å². The van der Waals surface area contributed by atoms with E-state index in [1.165, 1.54) is 11.1 Å². The average molecular weight is 339 g/mol. The lowest BCUT2D eigenvalue weighted by Crippen LogP contribution is -2.44. The quantitative estimate of drug-likeness (QED) is 0.771. The molecule has 0 saturated carbocycles. The van der Waals surface area contributed by atoms with E-state index in [4.69, 9.17) is 9.47 Å². The summed E-state index contributed by atoms with van der Waals surface area (Å²) in [6, 6.07) is 14.7. The molecular formula is C21H25NO3. The zero-order valence-electron chi connectivity index (χ0n) is 15.1. The number of benzene rings is 2. The third-order valence-corrected chi connectivity index (χ3v) is 4.48. The van der Waals surface area contributed by atoms with Crippen molar-refractivity contribution in [3.8, 4) is 5.75 Å². The summed E-state index contributed by atoms with van der Waals surface area (Å²) >= 11 is 0. The molecule has 0 unspecified atom stereocenters. The maximum Gasteiger partial charge on any atom is 0.307 e. The number of fused-ring (bicyclic) bond motifs is 1. The van der Waals surface area contributed by atoms with Gasteiger partial charge in [0.25, 0.3) is 0 Å². The second kappa shape index (κ2) is 7.60. The summed E-state index contributed by atoms with van der Waals surface area (Å²) in [5.74, 6) is 0.702. The summed E-state index contributed by atoms with van der Waals surface area (Å²) in [4.78, 5) is 14.3. The molecule has 2 aromatic carbocycles. The van der Waals surface area contributed by atoms with Crippen molar-refractivity contribution in [1.29, 1.82) is 0 Å². The molecule has 4 nitrogen and oxygen atoms in total. The van der Waals surface area contributed by atoms with Crippen molar-refractivity contribution in [3.05, 3.63) is 59.2 Å². The van der Waals surface area contributed by atoms with Crippen LogP contribution >= 0.6 is 0 Å². The number of hydrogen-bond donors (Lipinski definition) is 0. The molecule has 132 valence electrons. The molecule has 3 rings (SSSR count). The van der Waals surface area contributed by atoms with Crippen molar-refractivity contribution in [2.24, 2.45) is 0 Å². The summed E-state index contributed by atoms with van der Waals surface area (Å²) in [5, 5.41) is 0. The van der Waals surface area contributed by atoms with Crippen LogP contribution in [0.3, 0.4) is 0 Å². The summed E-state index contributed by atoms with van der Waals surface area (Å²) < 4.78 is 11.1. The van der Waals surface area contributed by atoms with E-state index in [2.05, 4.69) is 61.2 Å². The molecule has 1 heterocycles. The molecule has 4 heteroatoms. The van der Waals surface area contributed by atoms with Crippen molar-refractivity contribution < 1.29 is 14.3 Å². The molecule has 0 radical (unpaired) electrons. The molecular weight excluding hydrogens is 314 g/mol. The predicted octanol–water partition coefficient (Wildman–Crippen LogP) is 4.02. The van der Waals surface area contributed by atoms with Gasteiger partial charge in [-0.05, 0) is 44.0 Å². The number of rotatable bonds is 5. The maximum absolute atomic E-state index is 12.0. The maximum atomic E-state index is 12.0. The predicted molar refractivity (Wildman–Crippen MR) is 99.1 cm³/mol. The SMILES string of the molecule is CCOC(=O)C[C@H]1COc2cc(C)ccc2N1Cc1ccc(C)cc1. The van der Waals surface area contributed by atoms with Gasteiger partial charge >= 0.3 is 5.97 Å². The van der Waals surface area contributed by atoms with Crippen molar-refractivity contribution in [1.82, 2.24) is 0 Å². The van der Waals surface area contributed by atoms with Crippen LogP contribution in [0.2, 0.25) is 0 Å². The van der Waals surface area contributed by atoms with E-state index in [0.717, 1.165) is 23.5 Å². The first-order valence-electron chi connectivity index (χ1n) is 8.78. The molecule has 0 spiro atoms. The van der Waals surface area contributed by atoms with Gasteiger partial charge in [0.2, 0.25) is 0 Å². The minimum absolute atomic E-state index is 0.0319. The minimum Gasteiger partial charge on any atom is -0.489 e. The van der Waals surface area contributed by atoms with Gasteiger partial charge in [-0.2, -0.15) is 0 Å². The number of carbonyl (C=O) groups excluding carboxylic acids is 1. The van der Waals surface area contributed by atoms with E-state index in [1.54, 1.807) is 0 Å². The largest absolute Gasteiger partial charge is 0.489 e. The Labute approximate surface area is 149 Å². The molecule has 0 fully saturated rings. The summed E-state index contributed by atoms with van der Waals surface area (Å²) in [7, 11) is 0. The number of nitrogens with zero attached hydrogens (tertiary/aromatic N) is 1. The van der Waals surface area contributed by atoms with Gasteiger partial charge in [0.1, 0.15) is 12.4 Å². The van der Waals surface area contributed by atoms with Crippen molar-refractivity contribution >= 4 is 11.7 Å². The Morgan fingerprint density at radius 1 is 1.16 bits per heavy atom. The lowest BCUT2D eigenvalue weighted by atomic mass is 10.0. The zero-order valence-corrected chi connectivity index (χ0v) is 15.1. The number of anilines is 1. The highest BCUT2D eigenvalue weighted by Crippen LogP contribution is 2.36. The molecule has 0 bridgehead atoms. The summed E-state index contributed by atoms with van der Waals surface area (Å²) in [5.41, 5.74) is 4.65. The van der Waals surface area contributed by atoms with Crippen molar-refractivity contribution in [2.75, 3.05) is 18.1 Å². The second-order valence-corrected chi connectivity index (χ2v) is 6.56. The fraction of sp³-hybridized carbons (Fsp3) is 0.381. The Balaban J connectivity index is 1.88. The third kappa shape index (κ3) is 4.13. The Hall–Kier alpha value is -2.49. The molecule has 25 heavy (non-hydrogen) atoms. The zero-order chi connectivity index (χ0) is 17.8. The summed E-state index contributed by atoms with van der Waals surface area (Å²) in [6.45, 7) is 7.60. The first-order valence-corrected chi connectivity index (χ1v) is 8.78. The summed E-state index contributed by atoms with van der Waals surface area (Å²) in [6.07, 6.45) is 0.326. The standard InChI is InChI=1S/C21H25NO3/c1-4-24-21(23)12-18-14-25-20-11-16(3)7-10-19(20)22(18)13-17-8-5-15(2)6-9-17/h5-11,18H,4,12-14H2,1-3H3/t18-/m0/s1. The molecule has 1 aliphatic rings. The fourth-order valence-corrected chi connectivity index (χ4v) is 3.13. The van der Waals surface area contributed by atoms with Gasteiger partial charge in [-0.1, -0.05) is 35.9 Å². The molecule has 1 aliphatic heterocycles. The lowest BCUT2D eigenvalue weighted by Gasteiger charge is -2.38. The van der Waals surface area contributed by atoms with Crippen molar-refractivity contribution in [2.45, 2.75) is 39.8 Å². The van der Waals surface area contributed by atoms with Gasteiger partial charge in [0.05, 0.1) is 24.8 Å². The Kier molecular flexibility index (Phi) is 5.27. The van der Waals surface area contributed by atoms with Gasteiger partial charge in [-0.15, -0.1) is 0 Å². The Bertz CT molecular complexity index is 739. The molecule has 0 aliphatic carbocycles. The number of ether oxygens (including phenoxy) is 2. The highest BCUT2D eigenvalue weighted by molar-refractivity contribution is 5.72. The van der Waals surface area contributed by atoms with Crippen LogP contribution in [-0.4, -0.2) is 25.2 Å². The first-order chi connectivity index (χ1) is 12.1. The van der Waals surface area contributed by atoms with E-state index < -0.39 is 0 Å². The van der Waals surface area contributed by atoms with Crippen LogP contribution in [0.15, 0.2) is 42.5 Å². The number of carbonyl (C=O) groups is 1. The number of aryl methyl sites for hydroxylation is 2. The van der Waals surface area contributed by atoms with E-state index in [0.29, 0.717) is 19.6 Å². The monoisotopic (exact) mass is 339 g/mol. The van der Waals surface area contributed by atoms with Gasteiger partial charge in [0, 0.05) is 6.54 Å². The van der Waals surface area contributed by atoms with Crippen LogP contribution in [0.25, 0.3) is 0 Å². The highest BCUT2D eigenvalue weighted by Gasteiger charge is 2.30. The van der Waals surface area contributed by atoms with E-state index in [-0.39, 0.29) is 12.0 Å². The molecule has 0 amide bonds. The lowest BCUT2D eigenvalue weighted by molar-refractivity contribution is -0.143. The third-order valence-electron chi connectivity index (χ3n) is 4.48. The average Bonchev–Trinajstić information content (AvgIpc) is 2.59. The van der Waals surface area contributed by atoms with Gasteiger partial charge in [-0.25, -0.2) is 0 Å². The molecule has 1 atom stereocenters.